The minimum atomic E-state index is 0.911. The van der Waals surface area contributed by atoms with Crippen LogP contribution in [0, 0.1) is 5.92 Å². The van der Waals surface area contributed by atoms with Gasteiger partial charge < -0.3 is 0 Å². The summed E-state index contributed by atoms with van der Waals surface area (Å²) < 4.78 is 4.02. The zero-order chi connectivity index (χ0) is 19.1. The minimum Gasteiger partial charge on any atom is -0.239 e. The summed E-state index contributed by atoms with van der Waals surface area (Å²) in [6.07, 6.45) is 26.7. The van der Waals surface area contributed by atoms with Gasteiger partial charge >= 0.3 is 0 Å². The smallest absolute Gasteiger partial charge is 0.0311 e. The molecule has 0 aliphatic heterocycles. The quantitative estimate of drug-likeness (QED) is 0.0867. The normalized spacial score (nSPS) is 12.6. The molecule has 0 aromatic heterocycles. The van der Waals surface area contributed by atoms with E-state index in [1.807, 2.05) is 0 Å². The lowest BCUT2D eigenvalue weighted by Crippen LogP contribution is -2.01. The van der Waals surface area contributed by atoms with Crippen LogP contribution in [0.4, 0.5) is 0 Å². The number of rotatable bonds is 22. The summed E-state index contributed by atoms with van der Waals surface area (Å²) in [4.78, 5) is 0. The number of hydrogen-bond donors (Lipinski definition) is 1. The van der Waals surface area contributed by atoms with Crippen LogP contribution >= 0.6 is 12.0 Å². The van der Waals surface area contributed by atoms with Crippen molar-refractivity contribution in [3.8, 4) is 0 Å². The van der Waals surface area contributed by atoms with Crippen molar-refractivity contribution in [1.29, 1.82) is 0 Å². The van der Waals surface area contributed by atoms with Gasteiger partial charge in [0.2, 0.25) is 0 Å². The molecular weight excluding hydrogens is 340 g/mol. The summed E-state index contributed by atoms with van der Waals surface area (Å²) in [6.45, 7) is 4.63. The predicted molar refractivity (Wildman–Crippen MR) is 119 cm³/mol. The second kappa shape index (κ2) is 23.3. The van der Waals surface area contributed by atoms with Crippen molar-refractivity contribution in [3.63, 3.8) is 0 Å². The average Bonchev–Trinajstić information content (AvgIpc) is 2.65. The molecule has 0 aliphatic carbocycles. The molecule has 0 spiro atoms. The molecule has 0 saturated carbocycles. The molecule has 1 N–H and O–H groups in total. The van der Waals surface area contributed by atoms with E-state index in [-0.39, 0.29) is 0 Å². The van der Waals surface area contributed by atoms with E-state index in [4.69, 9.17) is 5.26 Å². The molecule has 26 heavy (non-hydrogen) atoms. The lowest BCUT2D eigenvalue weighted by molar-refractivity contribution is -0.116. The zero-order valence-corrected chi connectivity index (χ0v) is 18.8. The lowest BCUT2D eigenvalue weighted by atomic mass is 9.90. The van der Waals surface area contributed by atoms with Crippen LogP contribution in [-0.2, 0) is 4.33 Å². The molecule has 0 aliphatic rings. The molecule has 158 valence electrons. The maximum Gasteiger partial charge on any atom is 0.0311 e. The van der Waals surface area contributed by atoms with Crippen LogP contribution in [0.25, 0.3) is 0 Å². The molecule has 1 atom stereocenters. The summed E-state index contributed by atoms with van der Waals surface area (Å²) in [5.41, 5.74) is 0. The fraction of sp³-hybridized carbons (Fsp3) is 1.00. The van der Waals surface area contributed by atoms with Crippen LogP contribution in [0.3, 0.4) is 0 Å². The Bertz CT molecular complexity index is 248. The van der Waals surface area contributed by atoms with Crippen molar-refractivity contribution < 1.29 is 9.59 Å². The molecule has 1 unspecified atom stereocenters. The highest BCUT2D eigenvalue weighted by Gasteiger charge is 2.08. The second-order valence-corrected chi connectivity index (χ2v) is 8.87. The monoisotopic (exact) mass is 388 g/mol. The van der Waals surface area contributed by atoms with Crippen LogP contribution in [-0.4, -0.2) is 11.0 Å². The Morgan fingerprint density at radius 3 is 1.46 bits per heavy atom. The maximum atomic E-state index is 8.23. The van der Waals surface area contributed by atoms with Crippen LogP contribution in [0.1, 0.15) is 136 Å². The summed E-state index contributed by atoms with van der Waals surface area (Å²) in [6, 6.07) is 0. The first-order chi connectivity index (χ1) is 12.8. The number of hydrogen-bond acceptors (Lipinski definition) is 3. The van der Waals surface area contributed by atoms with Crippen molar-refractivity contribution in [2.24, 2.45) is 5.92 Å². The lowest BCUT2D eigenvalue weighted by Gasteiger charge is -2.16. The van der Waals surface area contributed by atoms with E-state index in [2.05, 4.69) is 18.2 Å². The standard InChI is InChI=1S/C23H48O2S/c1-3-5-7-16-20-23(19-15-6-4-2)21-17-13-11-9-8-10-12-14-18-22-26-25-24/h23-24H,3-22H2,1-2H3. The zero-order valence-electron chi connectivity index (χ0n) is 18.0. The molecular formula is C23H48O2S. The first kappa shape index (κ1) is 26.3. The van der Waals surface area contributed by atoms with Gasteiger partial charge in [-0.3, -0.25) is 0 Å². The van der Waals surface area contributed by atoms with Gasteiger partial charge in [-0.1, -0.05) is 129 Å². The van der Waals surface area contributed by atoms with Gasteiger partial charge in [-0.15, -0.1) is 0 Å². The highest BCUT2D eigenvalue weighted by atomic mass is 32.2. The third-order valence-electron chi connectivity index (χ3n) is 5.57. The first-order valence-electron chi connectivity index (χ1n) is 11.8. The molecule has 0 aromatic carbocycles. The second-order valence-electron chi connectivity index (χ2n) is 8.08. The minimum absolute atomic E-state index is 0.911. The highest BCUT2D eigenvalue weighted by molar-refractivity contribution is 7.94. The topological polar surface area (TPSA) is 29.5 Å². The molecule has 0 radical (unpaired) electrons. The van der Waals surface area contributed by atoms with Gasteiger partial charge in [-0.25, -0.2) is 5.26 Å². The van der Waals surface area contributed by atoms with Gasteiger partial charge in [0.25, 0.3) is 0 Å². The summed E-state index contributed by atoms with van der Waals surface area (Å²) in [5, 5.41) is 8.23. The van der Waals surface area contributed by atoms with Gasteiger partial charge in [-0.05, 0) is 12.3 Å². The molecule has 0 saturated heterocycles. The van der Waals surface area contributed by atoms with Gasteiger partial charge in [0.05, 0.1) is 0 Å². The maximum absolute atomic E-state index is 8.23. The van der Waals surface area contributed by atoms with Crippen molar-refractivity contribution in [1.82, 2.24) is 0 Å². The predicted octanol–water partition coefficient (Wildman–Crippen LogP) is 9.19. The van der Waals surface area contributed by atoms with Gasteiger partial charge in [0.15, 0.2) is 0 Å². The highest BCUT2D eigenvalue weighted by Crippen LogP contribution is 2.24. The summed E-state index contributed by atoms with van der Waals surface area (Å²) in [5.74, 6) is 1.92. The Kier molecular flexibility index (Phi) is 23.6. The third kappa shape index (κ3) is 20.6. The van der Waals surface area contributed by atoms with Crippen molar-refractivity contribution in [2.75, 3.05) is 5.75 Å². The van der Waals surface area contributed by atoms with Gasteiger partial charge in [-0.2, -0.15) is 4.33 Å². The van der Waals surface area contributed by atoms with E-state index in [9.17, 15) is 0 Å². The van der Waals surface area contributed by atoms with E-state index < -0.39 is 0 Å². The molecule has 0 fully saturated rings. The van der Waals surface area contributed by atoms with E-state index >= 15 is 0 Å². The molecule has 0 rings (SSSR count). The largest absolute Gasteiger partial charge is 0.239 e. The van der Waals surface area contributed by atoms with Gasteiger partial charge in [0.1, 0.15) is 0 Å². The average molecular weight is 389 g/mol. The molecule has 0 aromatic rings. The van der Waals surface area contributed by atoms with Crippen LogP contribution in [0.5, 0.6) is 0 Å². The Balaban J connectivity index is 3.49. The van der Waals surface area contributed by atoms with Crippen molar-refractivity contribution in [2.45, 2.75) is 136 Å². The van der Waals surface area contributed by atoms with Crippen molar-refractivity contribution >= 4 is 12.0 Å². The fourth-order valence-corrected chi connectivity index (χ4v) is 4.24. The van der Waals surface area contributed by atoms with Gasteiger partial charge in [0, 0.05) is 17.8 Å². The Morgan fingerprint density at radius 2 is 0.962 bits per heavy atom. The molecule has 0 heterocycles. The van der Waals surface area contributed by atoms with E-state index in [1.54, 1.807) is 0 Å². The molecule has 2 nitrogen and oxygen atoms in total. The fourth-order valence-electron chi connectivity index (χ4n) is 3.84. The van der Waals surface area contributed by atoms with Crippen molar-refractivity contribution in [3.05, 3.63) is 0 Å². The Labute approximate surface area is 169 Å². The molecule has 0 amide bonds. The third-order valence-corrected chi connectivity index (χ3v) is 6.14. The molecule has 3 heteroatoms. The van der Waals surface area contributed by atoms with Crippen LogP contribution in [0.15, 0.2) is 0 Å². The van der Waals surface area contributed by atoms with E-state index in [1.165, 1.54) is 116 Å². The van der Waals surface area contributed by atoms with Crippen LogP contribution < -0.4 is 0 Å². The SMILES string of the molecule is CCCCCCC(CCCCC)CCCCCCCCCCCSOO. The van der Waals surface area contributed by atoms with E-state index in [0.29, 0.717) is 0 Å². The summed E-state index contributed by atoms with van der Waals surface area (Å²) >= 11 is 1.16. The van der Waals surface area contributed by atoms with E-state index in [0.717, 1.165) is 30.1 Å². The summed E-state index contributed by atoms with van der Waals surface area (Å²) in [7, 11) is 0. The Morgan fingerprint density at radius 1 is 0.577 bits per heavy atom. The number of unbranched alkanes of at least 4 members (excludes halogenated alkanes) is 13. The first-order valence-corrected chi connectivity index (χ1v) is 12.7. The molecule has 0 bridgehead atoms. The Hall–Kier alpha value is 0.270. The van der Waals surface area contributed by atoms with Crippen LogP contribution in [0.2, 0.25) is 0 Å².